The monoisotopic (exact) mass is 577 g/mol. The molecule has 7 nitrogen and oxygen atoms in total. The van der Waals surface area contributed by atoms with Crippen LogP contribution >= 0.6 is 11.6 Å². The first-order valence-corrected chi connectivity index (χ1v) is 14.6. The number of Topliss-reactive ketones (excluding diaryl/α,β-unsaturated/α-hetero) is 2. The van der Waals surface area contributed by atoms with Crippen LogP contribution in [0.4, 0.5) is 5.82 Å². The lowest BCUT2D eigenvalue weighted by atomic mass is 9.96. The number of hydrogen-bond donors (Lipinski definition) is 1. The highest BCUT2D eigenvalue weighted by Gasteiger charge is 2.29. The predicted molar refractivity (Wildman–Crippen MR) is 163 cm³/mol. The number of carbonyl (C=O) groups is 2. The second-order valence-electron chi connectivity index (χ2n) is 11.1. The van der Waals surface area contributed by atoms with Crippen LogP contribution in [-0.4, -0.2) is 54.9 Å². The van der Waals surface area contributed by atoms with Crippen molar-refractivity contribution in [2.24, 2.45) is 0 Å². The third-order valence-electron chi connectivity index (χ3n) is 7.32. The smallest absolute Gasteiger partial charge is 0.134 e. The van der Waals surface area contributed by atoms with Crippen LogP contribution in [0.15, 0.2) is 66.9 Å². The van der Waals surface area contributed by atoms with Gasteiger partial charge < -0.3 is 29.3 Å². The molecule has 0 spiro atoms. The highest BCUT2D eigenvalue weighted by molar-refractivity contribution is 6.30. The third-order valence-corrected chi connectivity index (χ3v) is 7.54. The number of nitrogens with one attached hydrogen (secondary N) is 1. The minimum atomic E-state index is 0.169. The molecule has 41 heavy (non-hydrogen) atoms. The van der Waals surface area contributed by atoms with Gasteiger partial charge in [0.1, 0.15) is 41.1 Å². The number of carbonyl (C=O) groups excluding carboxylic acids is 2. The quantitative estimate of drug-likeness (QED) is 0.290. The van der Waals surface area contributed by atoms with Crippen LogP contribution in [0.25, 0.3) is 0 Å². The SMILES string of the molecule is CC(=O)C[C@@H](C)c1ccc(OC2CN(c3ccc(Cl)cn3)C2)cc1.CC(=O)C[C@@H](C)c1ccc(OC2CNC2)cc1. The van der Waals surface area contributed by atoms with Crippen molar-refractivity contribution in [2.45, 2.75) is 64.6 Å². The molecule has 2 aliphatic heterocycles. The zero-order valence-corrected chi connectivity index (χ0v) is 25.1. The summed E-state index contributed by atoms with van der Waals surface area (Å²) in [5.74, 6) is 3.68. The Balaban J connectivity index is 0.000000201. The lowest BCUT2D eigenvalue weighted by molar-refractivity contribution is -0.118. The van der Waals surface area contributed by atoms with E-state index in [1.807, 2.05) is 48.5 Å². The van der Waals surface area contributed by atoms with Crippen LogP contribution in [0, 0.1) is 0 Å². The Morgan fingerprint density at radius 1 is 0.829 bits per heavy atom. The van der Waals surface area contributed by atoms with Gasteiger partial charge >= 0.3 is 0 Å². The van der Waals surface area contributed by atoms with E-state index in [2.05, 4.69) is 41.2 Å². The zero-order valence-electron chi connectivity index (χ0n) is 24.3. The fourth-order valence-electron chi connectivity index (χ4n) is 4.83. The van der Waals surface area contributed by atoms with Gasteiger partial charge in [0.25, 0.3) is 0 Å². The Hall–Kier alpha value is -3.42. The Labute approximate surface area is 248 Å². The van der Waals surface area contributed by atoms with Crippen LogP contribution in [0.1, 0.15) is 63.5 Å². The number of rotatable bonds is 11. The molecule has 2 aromatic carbocycles. The number of hydrogen-bond acceptors (Lipinski definition) is 7. The van der Waals surface area contributed by atoms with Crippen molar-refractivity contribution < 1.29 is 19.1 Å². The largest absolute Gasteiger partial charge is 0.488 e. The van der Waals surface area contributed by atoms with E-state index >= 15 is 0 Å². The molecule has 1 aromatic heterocycles. The fraction of sp³-hybridized carbons (Fsp3) is 0.424. The highest BCUT2D eigenvalue weighted by atomic mass is 35.5. The topological polar surface area (TPSA) is 80.8 Å². The van der Waals surface area contributed by atoms with Crippen molar-refractivity contribution in [1.29, 1.82) is 0 Å². The van der Waals surface area contributed by atoms with Gasteiger partial charge in [-0.15, -0.1) is 0 Å². The van der Waals surface area contributed by atoms with Gasteiger partial charge in [0.05, 0.1) is 18.1 Å². The van der Waals surface area contributed by atoms with Crippen molar-refractivity contribution in [3.8, 4) is 11.5 Å². The maximum absolute atomic E-state index is 11.2. The van der Waals surface area contributed by atoms with E-state index in [-0.39, 0.29) is 29.5 Å². The van der Waals surface area contributed by atoms with Gasteiger partial charge in [-0.1, -0.05) is 49.7 Å². The van der Waals surface area contributed by atoms with Crippen molar-refractivity contribution in [3.05, 3.63) is 83.0 Å². The number of aromatic nitrogens is 1. The van der Waals surface area contributed by atoms with Gasteiger partial charge in [-0.05, 0) is 73.2 Å². The lowest BCUT2D eigenvalue weighted by Gasteiger charge is -2.39. The average Bonchev–Trinajstić information content (AvgIpc) is 2.89. The van der Waals surface area contributed by atoms with Gasteiger partial charge in [0.2, 0.25) is 0 Å². The Morgan fingerprint density at radius 3 is 1.71 bits per heavy atom. The standard InChI is InChI=1S/C19H21ClN2O2.C14H19NO2/c1-13(9-14(2)23)15-3-6-17(7-4-15)24-18-11-22(12-18)19-8-5-16(20)10-21-19;1-10(7-11(2)16)12-3-5-13(6-4-12)17-14-8-15-9-14/h3-8,10,13,18H,9,11-12H2,1-2H3;3-6,10,14-15H,7-9H2,1-2H3/t13-;10-/m11/s1. The predicted octanol–water partition coefficient (Wildman–Crippen LogP) is 6.21. The summed E-state index contributed by atoms with van der Waals surface area (Å²) in [5, 5.41) is 3.81. The summed E-state index contributed by atoms with van der Waals surface area (Å²) in [4.78, 5) is 28.7. The maximum Gasteiger partial charge on any atom is 0.134 e. The number of benzene rings is 2. The summed E-state index contributed by atoms with van der Waals surface area (Å²) >= 11 is 5.85. The Bertz CT molecular complexity index is 1270. The van der Waals surface area contributed by atoms with Crippen LogP contribution in [0.3, 0.4) is 0 Å². The van der Waals surface area contributed by atoms with Crippen LogP contribution in [0.5, 0.6) is 11.5 Å². The summed E-state index contributed by atoms with van der Waals surface area (Å²) < 4.78 is 11.7. The molecule has 218 valence electrons. The van der Waals surface area contributed by atoms with E-state index < -0.39 is 0 Å². The van der Waals surface area contributed by atoms with Crippen LogP contribution < -0.4 is 19.7 Å². The number of ketones is 2. The maximum atomic E-state index is 11.2. The third kappa shape index (κ3) is 9.30. The Kier molecular flexibility index (Phi) is 10.8. The summed E-state index contributed by atoms with van der Waals surface area (Å²) in [5.41, 5.74) is 2.36. The van der Waals surface area contributed by atoms with Crippen LogP contribution in [-0.2, 0) is 9.59 Å². The molecule has 3 aromatic rings. The molecule has 0 aliphatic carbocycles. The van der Waals surface area contributed by atoms with Gasteiger partial charge in [-0.3, -0.25) is 0 Å². The molecule has 0 saturated carbocycles. The summed E-state index contributed by atoms with van der Waals surface area (Å²) in [6, 6.07) is 19.9. The van der Waals surface area contributed by atoms with Gasteiger partial charge in [-0.25, -0.2) is 4.98 Å². The van der Waals surface area contributed by atoms with Gasteiger partial charge in [0.15, 0.2) is 0 Å². The molecule has 0 radical (unpaired) electrons. The Morgan fingerprint density at radius 2 is 1.32 bits per heavy atom. The second-order valence-corrected chi connectivity index (χ2v) is 11.6. The molecular weight excluding hydrogens is 538 g/mol. The summed E-state index contributed by atoms with van der Waals surface area (Å²) in [7, 11) is 0. The number of halogens is 1. The summed E-state index contributed by atoms with van der Waals surface area (Å²) in [6.45, 7) is 10.9. The number of ether oxygens (including phenoxy) is 2. The minimum absolute atomic E-state index is 0.169. The number of nitrogens with zero attached hydrogens (tertiary/aromatic N) is 2. The molecule has 0 amide bonds. The minimum Gasteiger partial charge on any atom is -0.488 e. The van der Waals surface area contributed by atoms with Crippen molar-refractivity contribution in [2.75, 3.05) is 31.1 Å². The van der Waals surface area contributed by atoms with E-state index in [1.54, 1.807) is 20.0 Å². The number of pyridine rings is 1. The van der Waals surface area contributed by atoms with E-state index in [0.29, 0.717) is 24.0 Å². The molecule has 5 rings (SSSR count). The second kappa shape index (κ2) is 14.5. The molecular formula is C33H40ClN3O4. The van der Waals surface area contributed by atoms with Gasteiger partial charge in [0, 0.05) is 32.1 Å². The summed E-state index contributed by atoms with van der Waals surface area (Å²) in [6.07, 6.45) is 3.32. The first-order valence-electron chi connectivity index (χ1n) is 14.3. The van der Waals surface area contributed by atoms with E-state index in [1.165, 1.54) is 5.56 Å². The van der Waals surface area contributed by atoms with E-state index in [9.17, 15) is 9.59 Å². The molecule has 2 atom stereocenters. The number of anilines is 1. The van der Waals surface area contributed by atoms with E-state index in [4.69, 9.17) is 21.1 Å². The first kappa shape index (κ1) is 30.5. The molecule has 1 N–H and O–H groups in total. The molecule has 3 heterocycles. The molecule has 2 aliphatic rings. The molecule has 2 saturated heterocycles. The highest BCUT2D eigenvalue weighted by Crippen LogP contribution is 2.26. The van der Waals surface area contributed by atoms with E-state index in [0.717, 1.165) is 49.1 Å². The first-order chi connectivity index (χ1) is 19.7. The molecule has 2 fully saturated rings. The van der Waals surface area contributed by atoms with Crippen molar-refractivity contribution >= 4 is 29.0 Å². The van der Waals surface area contributed by atoms with Crippen LogP contribution in [0.2, 0.25) is 5.02 Å². The van der Waals surface area contributed by atoms with Gasteiger partial charge in [-0.2, -0.15) is 0 Å². The lowest BCUT2D eigenvalue weighted by Crippen LogP contribution is -2.54. The average molecular weight is 578 g/mol. The molecule has 0 bridgehead atoms. The normalized spacial score (nSPS) is 16.4. The fourth-order valence-corrected chi connectivity index (χ4v) is 4.94. The van der Waals surface area contributed by atoms with Crippen molar-refractivity contribution in [3.63, 3.8) is 0 Å². The molecule has 0 unspecified atom stereocenters. The molecule has 8 heteroatoms. The van der Waals surface area contributed by atoms with Crippen molar-refractivity contribution in [1.82, 2.24) is 10.3 Å². The zero-order chi connectivity index (χ0) is 29.4.